The summed E-state index contributed by atoms with van der Waals surface area (Å²) in [6.07, 6.45) is 2.15. The first-order chi connectivity index (χ1) is 13.0. The highest BCUT2D eigenvalue weighted by Gasteiger charge is 2.24. The smallest absolute Gasteiger partial charge is 0.194 e. The maximum absolute atomic E-state index is 2.33. The number of pyridine rings is 2. The highest BCUT2D eigenvalue weighted by molar-refractivity contribution is 5.80. The molecule has 134 valence electrons. The fourth-order valence-corrected chi connectivity index (χ4v) is 4.13. The number of aromatic nitrogens is 2. The lowest BCUT2D eigenvalue weighted by Gasteiger charge is -2.12. The normalized spacial score (nSPS) is 11.1. The molecule has 4 rings (SSSR count). The molecule has 4 aromatic rings. The van der Waals surface area contributed by atoms with Crippen molar-refractivity contribution in [3.05, 3.63) is 89.2 Å². The fourth-order valence-electron chi connectivity index (χ4n) is 4.13. The zero-order valence-electron chi connectivity index (χ0n) is 16.7. The van der Waals surface area contributed by atoms with Gasteiger partial charge in [-0.2, -0.15) is 9.13 Å². The van der Waals surface area contributed by atoms with Gasteiger partial charge in [-0.1, -0.05) is 18.2 Å². The Morgan fingerprint density at radius 3 is 2.30 bits per heavy atom. The van der Waals surface area contributed by atoms with Crippen molar-refractivity contribution in [1.29, 1.82) is 0 Å². The van der Waals surface area contributed by atoms with E-state index in [2.05, 4.69) is 111 Å². The van der Waals surface area contributed by atoms with Crippen molar-refractivity contribution in [3.63, 3.8) is 0 Å². The summed E-state index contributed by atoms with van der Waals surface area (Å²) < 4.78 is 4.61. The van der Waals surface area contributed by atoms with Gasteiger partial charge in [-0.05, 0) is 44.5 Å². The van der Waals surface area contributed by atoms with E-state index >= 15 is 0 Å². The van der Waals surface area contributed by atoms with Crippen molar-refractivity contribution < 1.29 is 9.13 Å². The lowest BCUT2D eigenvalue weighted by atomic mass is 9.96. The molecule has 0 aliphatic carbocycles. The van der Waals surface area contributed by atoms with E-state index in [1.807, 2.05) is 0 Å². The Labute approximate surface area is 161 Å². The summed E-state index contributed by atoms with van der Waals surface area (Å²) >= 11 is 0. The fraction of sp³-hybridized carbons (Fsp3) is 0.200. The molecule has 0 atom stereocenters. The van der Waals surface area contributed by atoms with Gasteiger partial charge in [-0.25, -0.2) is 0 Å². The van der Waals surface area contributed by atoms with E-state index in [4.69, 9.17) is 0 Å². The third kappa shape index (κ3) is 2.91. The lowest BCUT2D eigenvalue weighted by Crippen LogP contribution is -2.36. The molecular weight excluding hydrogens is 328 g/mol. The number of para-hydroxylation sites is 1. The average Bonchev–Trinajstić information content (AvgIpc) is 2.65. The van der Waals surface area contributed by atoms with Gasteiger partial charge < -0.3 is 0 Å². The molecule has 2 heteroatoms. The summed E-state index contributed by atoms with van der Waals surface area (Å²) in [6, 6.07) is 21.8. The van der Waals surface area contributed by atoms with Gasteiger partial charge in [0.25, 0.3) is 0 Å². The molecule has 0 unspecified atom stereocenters. The zero-order valence-corrected chi connectivity index (χ0v) is 16.7. The van der Waals surface area contributed by atoms with Gasteiger partial charge in [0, 0.05) is 47.7 Å². The Kier molecular flexibility index (Phi) is 4.27. The number of rotatable bonds is 2. The van der Waals surface area contributed by atoms with Gasteiger partial charge >= 0.3 is 0 Å². The number of hydrogen-bond donors (Lipinski definition) is 0. The van der Waals surface area contributed by atoms with Crippen LogP contribution in [0.3, 0.4) is 0 Å². The van der Waals surface area contributed by atoms with Crippen LogP contribution in [0, 0.1) is 27.7 Å². The van der Waals surface area contributed by atoms with Crippen LogP contribution >= 0.6 is 0 Å². The monoisotopic (exact) mass is 354 g/mol. The number of fused-ring (bicyclic) bond motifs is 1. The van der Waals surface area contributed by atoms with E-state index in [1.165, 1.54) is 50.2 Å². The van der Waals surface area contributed by atoms with Crippen LogP contribution < -0.4 is 9.13 Å². The topological polar surface area (TPSA) is 7.76 Å². The van der Waals surface area contributed by atoms with Crippen LogP contribution in [-0.4, -0.2) is 0 Å². The van der Waals surface area contributed by atoms with Gasteiger partial charge in [-0.15, -0.1) is 0 Å². The Bertz CT molecular complexity index is 1170. The van der Waals surface area contributed by atoms with Crippen LogP contribution in [0.5, 0.6) is 0 Å². The largest absolute Gasteiger partial charge is 0.216 e. The van der Waals surface area contributed by atoms with E-state index < -0.39 is 0 Å². The minimum absolute atomic E-state index is 1.23. The summed E-state index contributed by atoms with van der Waals surface area (Å²) in [4.78, 5) is 0. The second-order valence-electron chi connectivity index (χ2n) is 7.46. The first kappa shape index (κ1) is 17.4. The minimum Gasteiger partial charge on any atom is -0.194 e. The van der Waals surface area contributed by atoms with Crippen LogP contribution in [0.25, 0.3) is 27.8 Å². The SMILES string of the molecule is Cc1cc(-c2c(C)cc3ccccc3[n+]2C)c(C)c(-[n+]2ccccc2C)c1. The third-order valence-corrected chi connectivity index (χ3v) is 5.48. The minimum atomic E-state index is 1.23. The molecule has 0 aliphatic heterocycles. The van der Waals surface area contributed by atoms with Gasteiger partial charge in [0.2, 0.25) is 16.9 Å². The molecule has 0 saturated heterocycles. The maximum Gasteiger partial charge on any atom is 0.216 e. The van der Waals surface area contributed by atoms with Crippen molar-refractivity contribution in [3.8, 4) is 16.9 Å². The predicted octanol–water partition coefficient (Wildman–Crippen LogP) is 4.84. The second kappa shape index (κ2) is 6.62. The van der Waals surface area contributed by atoms with E-state index in [0.29, 0.717) is 0 Å². The molecule has 0 aliphatic rings. The summed E-state index contributed by atoms with van der Waals surface area (Å²) in [5.41, 5.74) is 10.2. The van der Waals surface area contributed by atoms with Gasteiger partial charge in [0.1, 0.15) is 7.05 Å². The van der Waals surface area contributed by atoms with E-state index in [-0.39, 0.29) is 0 Å². The summed E-state index contributed by atoms with van der Waals surface area (Å²) in [6.45, 7) is 8.78. The van der Waals surface area contributed by atoms with Crippen molar-refractivity contribution in [2.24, 2.45) is 7.05 Å². The molecule has 0 radical (unpaired) electrons. The molecule has 0 bridgehead atoms. The Morgan fingerprint density at radius 2 is 1.52 bits per heavy atom. The van der Waals surface area contributed by atoms with Crippen LogP contribution in [0.15, 0.2) is 66.9 Å². The molecule has 2 aromatic heterocycles. The van der Waals surface area contributed by atoms with Crippen LogP contribution in [0.1, 0.15) is 22.4 Å². The number of hydrogen-bond acceptors (Lipinski definition) is 0. The average molecular weight is 354 g/mol. The third-order valence-electron chi connectivity index (χ3n) is 5.48. The summed E-state index contributed by atoms with van der Waals surface area (Å²) in [5.74, 6) is 0. The maximum atomic E-state index is 2.33. The lowest BCUT2D eigenvalue weighted by molar-refractivity contribution is -0.634. The van der Waals surface area contributed by atoms with Gasteiger partial charge in [0.05, 0.1) is 5.56 Å². The molecule has 0 saturated carbocycles. The zero-order chi connectivity index (χ0) is 19.1. The van der Waals surface area contributed by atoms with Crippen molar-refractivity contribution >= 4 is 10.9 Å². The van der Waals surface area contributed by atoms with Crippen LogP contribution in [0.2, 0.25) is 0 Å². The molecule has 0 N–H and O–H groups in total. The van der Waals surface area contributed by atoms with E-state index in [9.17, 15) is 0 Å². The Morgan fingerprint density at radius 1 is 0.778 bits per heavy atom. The molecule has 2 heterocycles. The van der Waals surface area contributed by atoms with Crippen molar-refractivity contribution in [1.82, 2.24) is 0 Å². The highest BCUT2D eigenvalue weighted by Crippen LogP contribution is 2.29. The number of aryl methyl sites for hydroxylation is 4. The van der Waals surface area contributed by atoms with Gasteiger partial charge in [-0.3, -0.25) is 0 Å². The highest BCUT2D eigenvalue weighted by atomic mass is 15.0. The summed E-state index contributed by atoms with van der Waals surface area (Å²) in [5, 5.41) is 1.28. The number of nitrogens with zero attached hydrogens (tertiary/aromatic N) is 2. The second-order valence-corrected chi connectivity index (χ2v) is 7.46. The molecule has 0 fully saturated rings. The molecular formula is C25H26N2+2. The quantitative estimate of drug-likeness (QED) is 0.455. The van der Waals surface area contributed by atoms with Crippen molar-refractivity contribution in [2.45, 2.75) is 27.7 Å². The van der Waals surface area contributed by atoms with Crippen LogP contribution in [0.4, 0.5) is 0 Å². The first-order valence-corrected chi connectivity index (χ1v) is 9.45. The molecule has 0 spiro atoms. The summed E-state index contributed by atoms with van der Waals surface area (Å²) in [7, 11) is 2.17. The Balaban J connectivity index is 2.04. The number of benzene rings is 2. The van der Waals surface area contributed by atoms with E-state index in [0.717, 1.165) is 0 Å². The van der Waals surface area contributed by atoms with Crippen LogP contribution in [-0.2, 0) is 7.05 Å². The molecule has 2 nitrogen and oxygen atoms in total. The molecule has 2 aromatic carbocycles. The molecule has 0 amide bonds. The predicted molar refractivity (Wildman–Crippen MR) is 111 cm³/mol. The van der Waals surface area contributed by atoms with Gasteiger partial charge in [0.15, 0.2) is 11.9 Å². The first-order valence-electron chi connectivity index (χ1n) is 9.45. The standard InChI is InChI=1S/C25H26N2/c1-17-14-22(20(4)24(15-17)27-13-9-8-10-19(27)3)25-18(2)16-21-11-6-7-12-23(21)26(25)5/h6-16H,1-5H3/q+2. The van der Waals surface area contributed by atoms with Crippen molar-refractivity contribution in [2.75, 3.05) is 0 Å². The van der Waals surface area contributed by atoms with E-state index in [1.54, 1.807) is 0 Å². The Hall–Kier alpha value is -3.00. The molecule has 27 heavy (non-hydrogen) atoms.